The maximum Gasteiger partial charge on any atom is 0.164 e. The zero-order valence-corrected chi connectivity index (χ0v) is 12.4. The summed E-state index contributed by atoms with van der Waals surface area (Å²) in [7, 11) is 3.28. The van der Waals surface area contributed by atoms with Crippen molar-refractivity contribution in [3.63, 3.8) is 0 Å². The number of hydrogen-bond donors (Lipinski definition) is 1. The third kappa shape index (κ3) is 2.58. The van der Waals surface area contributed by atoms with Crippen molar-refractivity contribution in [2.75, 3.05) is 20.8 Å². The Hall–Kier alpha value is -2.08. The van der Waals surface area contributed by atoms with Gasteiger partial charge in [0.2, 0.25) is 0 Å². The summed E-state index contributed by atoms with van der Waals surface area (Å²) in [6.07, 6.45) is 2.01. The Kier molecular flexibility index (Phi) is 3.79. The number of fused-ring (bicyclic) bond motifs is 1. The van der Waals surface area contributed by atoms with Gasteiger partial charge in [-0.2, -0.15) is 0 Å². The van der Waals surface area contributed by atoms with Gasteiger partial charge in [0.15, 0.2) is 5.82 Å². The van der Waals surface area contributed by atoms with Crippen molar-refractivity contribution in [3.05, 3.63) is 24.0 Å². The molecule has 1 aromatic carbocycles. The summed E-state index contributed by atoms with van der Waals surface area (Å²) in [6, 6.07) is 5.75. The number of nitrogens with two attached hydrogens (primary N) is 1. The predicted molar refractivity (Wildman–Crippen MR) is 79.4 cm³/mol. The van der Waals surface area contributed by atoms with Crippen molar-refractivity contribution in [3.8, 4) is 22.9 Å². The number of hydrogen-bond acceptors (Lipinski definition) is 5. The summed E-state index contributed by atoms with van der Waals surface area (Å²) in [4.78, 5) is 0. The number of methoxy groups -OCH3 is 2. The minimum Gasteiger partial charge on any atom is -0.497 e. The minimum atomic E-state index is 0.486. The number of rotatable bonds is 4. The van der Waals surface area contributed by atoms with Crippen molar-refractivity contribution in [1.29, 1.82) is 0 Å². The van der Waals surface area contributed by atoms with E-state index in [-0.39, 0.29) is 0 Å². The third-order valence-corrected chi connectivity index (χ3v) is 3.99. The first kappa shape index (κ1) is 13.9. The Morgan fingerprint density at radius 1 is 1.19 bits per heavy atom. The van der Waals surface area contributed by atoms with Crippen molar-refractivity contribution >= 4 is 0 Å². The lowest BCUT2D eigenvalue weighted by molar-refractivity contribution is 0.375. The summed E-state index contributed by atoms with van der Waals surface area (Å²) in [5.41, 5.74) is 6.76. The molecule has 1 unspecified atom stereocenters. The summed E-state index contributed by atoms with van der Waals surface area (Å²) in [5, 5.41) is 8.65. The Morgan fingerprint density at radius 2 is 1.90 bits per heavy atom. The first-order chi connectivity index (χ1) is 10.2. The minimum absolute atomic E-state index is 0.486. The van der Waals surface area contributed by atoms with E-state index in [4.69, 9.17) is 15.2 Å². The zero-order valence-electron chi connectivity index (χ0n) is 12.4. The summed E-state index contributed by atoms with van der Waals surface area (Å²) >= 11 is 0. The van der Waals surface area contributed by atoms with E-state index in [9.17, 15) is 0 Å². The van der Waals surface area contributed by atoms with E-state index in [1.165, 1.54) is 0 Å². The molecule has 6 heteroatoms. The van der Waals surface area contributed by atoms with Crippen LogP contribution in [0.3, 0.4) is 0 Å². The summed E-state index contributed by atoms with van der Waals surface area (Å²) in [5.74, 6) is 3.84. The highest BCUT2D eigenvalue weighted by Crippen LogP contribution is 2.31. The maximum absolute atomic E-state index is 5.82. The van der Waals surface area contributed by atoms with E-state index in [1.54, 1.807) is 14.2 Å². The zero-order chi connectivity index (χ0) is 14.8. The van der Waals surface area contributed by atoms with Gasteiger partial charge in [0.1, 0.15) is 17.3 Å². The topological polar surface area (TPSA) is 75.2 Å². The van der Waals surface area contributed by atoms with Crippen LogP contribution in [0.15, 0.2) is 18.2 Å². The van der Waals surface area contributed by atoms with Gasteiger partial charge in [0.25, 0.3) is 0 Å². The number of ether oxygens (including phenoxy) is 2. The van der Waals surface area contributed by atoms with Crippen LogP contribution in [0.5, 0.6) is 11.5 Å². The van der Waals surface area contributed by atoms with Crippen molar-refractivity contribution < 1.29 is 9.47 Å². The smallest absolute Gasteiger partial charge is 0.164 e. The Morgan fingerprint density at radius 3 is 2.52 bits per heavy atom. The molecule has 1 atom stereocenters. The second-order valence-electron chi connectivity index (χ2n) is 5.29. The average molecular weight is 288 g/mol. The lowest BCUT2D eigenvalue weighted by Crippen LogP contribution is -2.26. The van der Waals surface area contributed by atoms with Gasteiger partial charge < -0.3 is 19.8 Å². The molecule has 0 bridgehead atoms. The lowest BCUT2D eigenvalue weighted by atomic mass is 9.99. The molecule has 0 spiro atoms. The third-order valence-electron chi connectivity index (χ3n) is 3.99. The molecule has 2 N–H and O–H groups in total. The fourth-order valence-electron chi connectivity index (χ4n) is 2.74. The molecule has 21 heavy (non-hydrogen) atoms. The molecule has 1 aliphatic heterocycles. The second kappa shape index (κ2) is 5.73. The SMILES string of the molecule is COc1cc(OC)cc(-c2nnc3n2CC(CN)CC3)c1. The molecule has 0 radical (unpaired) electrons. The van der Waals surface area contributed by atoms with Gasteiger partial charge in [-0.15, -0.1) is 10.2 Å². The van der Waals surface area contributed by atoms with Crippen LogP contribution in [-0.2, 0) is 13.0 Å². The fourth-order valence-corrected chi connectivity index (χ4v) is 2.74. The van der Waals surface area contributed by atoms with Gasteiger partial charge >= 0.3 is 0 Å². The van der Waals surface area contributed by atoms with E-state index in [0.29, 0.717) is 12.5 Å². The molecular weight excluding hydrogens is 268 g/mol. The van der Waals surface area contributed by atoms with E-state index >= 15 is 0 Å². The number of benzene rings is 1. The highest BCUT2D eigenvalue weighted by Gasteiger charge is 2.23. The number of aryl methyl sites for hydroxylation is 1. The monoisotopic (exact) mass is 288 g/mol. The molecule has 0 fully saturated rings. The Balaban J connectivity index is 2.03. The highest BCUT2D eigenvalue weighted by molar-refractivity contribution is 5.61. The Labute approximate surface area is 123 Å². The van der Waals surface area contributed by atoms with E-state index in [0.717, 1.165) is 48.1 Å². The molecule has 2 aromatic rings. The largest absolute Gasteiger partial charge is 0.497 e. The number of aromatic nitrogens is 3. The maximum atomic E-state index is 5.82. The fraction of sp³-hybridized carbons (Fsp3) is 0.467. The number of nitrogens with zero attached hydrogens (tertiary/aromatic N) is 3. The molecule has 0 saturated heterocycles. The highest BCUT2D eigenvalue weighted by atomic mass is 16.5. The van der Waals surface area contributed by atoms with Crippen LogP contribution in [-0.4, -0.2) is 35.5 Å². The normalized spacial score (nSPS) is 17.4. The molecule has 3 rings (SSSR count). The molecule has 2 heterocycles. The first-order valence-electron chi connectivity index (χ1n) is 7.10. The standard InChI is InChI=1S/C15H20N4O2/c1-20-12-5-11(6-13(7-12)21-2)15-18-17-14-4-3-10(8-16)9-19(14)15/h5-7,10H,3-4,8-9,16H2,1-2H3. The predicted octanol–water partition coefficient (Wildman–Crippen LogP) is 1.48. The molecule has 0 aliphatic carbocycles. The summed E-state index contributed by atoms with van der Waals surface area (Å²) in [6.45, 7) is 1.56. The second-order valence-corrected chi connectivity index (χ2v) is 5.29. The van der Waals surface area contributed by atoms with Crippen LogP contribution < -0.4 is 15.2 Å². The van der Waals surface area contributed by atoms with Gasteiger partial charge in [-0.25, -0.2) is 0 Å². The lowest BCUT2D eigenvalue weighted by Gasteiger charge is -2.23. The Bertz CT molecular complexity index is 616. The van der Waals surface area contributed by atoms with E-state index in [2.05, 4.69) is 14.8 Å². The first-order valence-corrected chi connectivity index (χ1v) is 7.10. The van der Waals surface area contributed by atoms with Gasteiger partial charge in [-0.1, -0.05) is 0 Å². The van der Waals surface area contributed by atoms with Crippen molar-refractivity contribution in [2.45, 2.75) is 19.4 Å². The molecule has 6 nitrogen and oxygen atoms in total. The molecule has 1 aromatic heterocycles. The van der Waals surface area contributed by atoms with Gasteiger partial charge in [-0.3, -0.25) is 0 Å². The van der Waals surface area contributed by atoms with Crippen LogP contribution >= 0.6 is 0 Å². The van der Waals surface area contributed by atoms with E-state index < -0.39 is 0 Å². The van der Waals surface area contributed by atoms with Gasteiger partial charge in [-0.05, 0) is 31.0 Å². The molecular formula is C15H20N4O2. The van der Waals surface area contributed by atoms with Gasteiger partial charge in [0, 0.05) is 24.6 Å². The van der Waals surface area contributed by atoms with E-state index in [1.807, 2.05) is 18.2 Å². The molecule has 0 amide bonds. The van der Waals surface area contributed by atoms with Crippen LogP contribution in [0.1, 0.15) is 12.2 Å². The van der Waals surface area contributed by atoms with Crippen LogP contribution in [0, 0.1) is 5.92 Å². The van der Waals surface area contributed by atoms with Crippen molar-refractivity contribution in [1.82, 2.24) is 14.8 Å². The van der Waals surface area contributed by atoms with Crippen LogP contribution in [0.2, 0.25) is 0 Å². The quantitative estimate of drug-likeness (QED) is 0.922. The summed E-state index contributed by atoms with van der Waals surface area (Å²) < 4.78 is 12.8. The average Bonchev–Trinajstić information content (AvgIpc) is 2.97. The van der Waals surface area contributed by atoms with Gasteiger partial charge in [0.05, 0.1) is 14.2 Å². The van der Waals surface area contributed by atoms with Crippen molar-refractivity contribution in [2.24, 2.45) is 11.7 Å². The van der Waals surface area contributed by atoms with Crippen LogP contribution in [0.25, 0.3) is 11.4 Å². The molecule has 0 saturated carbocycles. The molecule has 112 valence electrons. The molecule has 1 aliphatic rings. The van der Waals surface area contributed by atoms with Crippen LogP contribution in [0.4, 0.5) is 0 Å².